The molecule has 8 rings (SSSR count). The number of piperazine rings is 1. The van der Waals surface area contributed by atoms with Crippen molar-refractivity contribution in [3.8, 4) is 0 Å². The summed E-state index contributed by atoms with van der Waals surface area (Å²) in [5.74, 6) is -0.481. The molecule has 1 aromatic heterocycles. The highest BCUT2D eigenvalue weighted by Crippen LogP contribution is 2.36. The Morgan fingerprint density at radius 2 is 1.28 bits per heavy atom. The molecule has 0 spiro atoms. The van der Waals surface area contributed by atoms with E-state index in [1.807, 2.05) is 31.9 Å². The molecule has 5 N–H and O–H groups in total. The Bertz CT molecular complexity index is 2640. The second-order valence-electron chi connectivity index (χ2n) is 14.0. The molecule has 3 aliphatic rings. The summed E-state index contributed by atoms with van der Waals surface area (Å²) in [6.45, 7) is 6.69. The number of benzene rings is 4. The van der Waals surface area contributed by atoms with Crippen LogP contribution in [0.2, 0.25) is 0 Å². The van der Waals surface area contributed by atoms with E-state index < -0.39 is 20.0 Å². The fourth-order valence-electron chi connectivity index (χ4n) is 6.84. The van der Waals surface area contributed by atoms with Gasteiger partial charge in [0.05, 0.1) is 27.3 Å². The van der Waals surface area contributed by atoms with Gasteiger partial charge < -0.3 is 25.4 Å². The van der Waals surface area contributed by atoms with Gasteiger partial charge in [-0.25, -0.2) is 16.8 Å². The van der Waals surface area contributed by atoms with E-state index in [0.29, 0.717) is 63.8 Å². The van der Waals surface area contributed by atoms with Gasteiger partial charge >= 0.3 is 0 Å². The number of aromatic amines is 1. The van der Waals surface area contributed by atoms with Gasteiger partial charge in [0, 0.05) is 65.9 Å². The molecule has 0 radical (unpaired) electrons. The van der Waals surface area contributed by atoms with Crippen molar-refractivity contribution in [2.24, 2.45) is 0 Å². The highest BCUT2D eigenvalue weighted by molar-refractivity contribution is 7.93. The lowest BCUT2D eigenvalue weighted by Crippen LogP contribution is -2.47. The molecule has 0 saturated carbocycles. The van der Waals surface area contributed by atoms with E-state index in [0.717, 1.165) is 24.3 Å². The van der Waals surface area contributed by atoms with Crippen LogP contribution in [0.4, 0.5) is 22.7 Å². The Kier molecular flexibility index (Phi) is 10.8. The number of likely N-dealkylation sites (N-methyl/N-ethyl adjacent to an activating group) is 1. The molecule has 1 saturated heterocycles. The van der Waals surface area contributed by atoms with Crippen LogP contribution in [0.5, 0.6) is 0 Å². The predicted molar refractivity (Wildman–Crippen MR) is 220 cm³/mol. The molecule has 4 aromatic carbocycles. The van der Waals surface area contributed by atoms with E-state index in [9.17, 15) is 31.2 Å². The minimum Gasteiger partial charge on any atom is -0.358 e. The zero-order chi connectivity index (χ0) is 40.5. The molecule has 3 aliphatic heterocycles. The summed E-state index contributed by atoms with van der Waals surface area (Å²) in [5.41, 5.74) is 6.41. The van der Waals surface area contributed by atoms with Crippen molar-refractivity contribution in [1.29, 1.82) is 0 Å². The molecule has 14 nitrogen and oxygen atoms in total. The molecule has 3 amide bonds. The van der Waals surface area contributed by atoms with Gasteiger partial charge in [0.2, 0.25) is 5.91 Å². The maximum Gasteiger partial charge on any atom is 0.261 e. The van der Waals surface area contributed by atoms with Crippen LogP contribution >= 0.6 is 0 Å². The van der Waals surface area contributed by atoms with Crippen molar-refractivity contribution in [2.75, 3.05) is 53.3 Å². The Labute approximate surface area is 331 Å². The first-order chi connectivity index (χ1) is 27.2. The molecule has 294 valence electrons. The quantitative estimate of drug-likeness (QED) is 0.131. The average molecular weight is 808 g/mol. The maximum atomic E-state index is 13.3. The van der Waals surface area contributed by atoms with Crippen molar-refractivity contribution >= 4 is 72.2 Å². The van der Waals surface area contributed by atoms with Crippen LogP contribution in [0.1, 0.15) is 38.4 Å². The number of nitrogens with zero attached hydrogens (tertiary/aromatic N) is 2. The second-order valence-corrected chi connectivity index (χ2v) is 17.3. The van der Waals surface area contributed by atoms with Crippen molar-refractivity contribution in [3.63, 3.8) is 0 Å². The number of hydrogen-bond acceptors (Lipinski definition) is 8. The first-order valence-electron chi connectivity index (χ1n) is 18.1. The molecule has 1 fully saturated rings. The highest BCUT2D eigenvalue weighted by Gasteiger charge is 2.30. The molecular formula is C41H41N7O7S2. The molecular weight excluding hydrogens is 767 g/mol. The van der Waals surface area contributed by atoms with E-state index in [2.05, 4.69) is 30.0 Å². The van der Waals surface area contributed by atoms with Gasteiger partial charge in [0.25, 0.3) is 31.9 Å². The number of amides is 3. The fourth-order valence-corrected chi connectivity index (χ4v) is 9.04. The van der Waals surface area contributed by atoms with Crippen LogP contribution in [-0.4, -0.2) is 82.6 Å². The number of nitrogens with one attached hydrogen (secondary N) is 5. The number of sulfonamides is 2. The monoisotopic (exact) mass is 807 g/mol. The number of carbonyl (C=O) groups excluding carboxylic acids is 3. The normalized spacial score (nSPS) is 15.9. The number of fused-ring (bicyclic) bond motifs is 2. The summed E-state index contributed by atoms with van der Waals surface area (Å²) in [6, 6.07) is 26.4. The van der Waals surface area contributed by atoms with Crippen LogP contribution in [-0.2, 0) is 36.1 Å². The number of aromatic nitrogens is 1. The number of para-hydroxylation sites is 2. The molecule has 16 heteroatoms. The van der Waals surface area contributed by atoms with Crippen molar-refractivity contribution in [3.05, 3.63) is 131 Å². The van der Waals surface area contributed by atoms with Crippen molar-refractivity contribution < 1.29 is 31.2 Å². The maximum absolute atomic E-state index is 13.3. The number of rotatable bonds is 8. The van der Waals surface area contributed by atoms with E-state index in [1.165, 1.54) is 24.3 Å². The Hall–Kier alpha value is -6.23. The lowest BCUT2D eigenvalue weighted by Gasteiger charge is -2.32. The SMILES string of the molecule is Cc1[nH]c(C=C2C(=O)Nc3ccc(S(=O)(=O)Nc4ccccc4)cc32)c(C)c1C(=O)N1CCN(C)CC1.O=C1Cc2cc(S(=O)(=O)Nc3ccccc3)ccc2N1. The summed E-state index contributed by atoms with van der Waals surface area (Å²) < 4.78 is 55.6. The first kappa shape index (κ1) is 39.0. The summed E-state index contributed by atoms with van der Waals surface area (Å²) in [6.07, 6.45) is 1.90. The molecule has 5 aromatic rings. The van der Waals surface area contributed by atoms with E-state index in [4.69, 9.17) is 0 Å². The van der Waals surface area contributed by atoms with Gasteiger partial charge in [0.1, 0.15) is 0 Å². The third-order valence-corrected chi connectivity index (χ3v) is 12.7. The van der Waals surface area contributed by atoms with Gasteiger partial charge in [-0.1, -0.05) is 36.4 Å². The van der Waals surface area contributed by atoms with Gasteiger partial charge in [-0.05, 0) is 98.8 Å². The average Bonchev–Trinajstić information content (AvgIpc) is 3.81. The van der Waals surface area contributed by atoms with Crippen LogP contribution in [0.25, 0.3) is 11.6 Å². The van der Waals surface area contributed by atoms with Gasteiger partial charge in [-0.3, -0.25) is 23.8 Å². The van der Waals surface area contributed by atoms with E-state index >= 15 is 0 Å². The molecule has 0 unspecified atom stereocenters. The van der Waals surface area contributed by atoms with Crippen molar-refractivity contribution in [1.82, 2.24) is 14.8 Å². The topological polar surface area (TPSA) is 190 Å². The Morgan fingerprint density at radius 1 is 0.719 bits per heavy atom. The minimum absolute atomic E-state index is 0.0272. The van der Waals surface area contributed by atoms with Gasteiger partial charge in [-0.2, -0.15) is 0 Å². The number of H-pyrrole nitrogens is 1. The minimum atomic E-state index is -3.86. The number of carbonyl (C=O) groups is 3. The standard InChI is InChI=1S/C27H29N5O4S.C14H12N2O3S/c1-17-24(28-18(2)25(17)27(34)32-13-11-31(3)12-14-32)16-22-21-15-20(9-10-23(21)29-26(22)33)37(35,36)30-19-7-5-4-6-8-19;17-14-9-10-8-12(6-7-13(10)15-14)20(18,19)16-11-4-2-1-3-5-11/h4-10,15-16,28,30H,11-14H2,1-3H3,(H,29,33);1-8,16H,9H2,(H,15,17). The van der Waals surface area contributed by atoms with Gasteiger partial charge in [-0.15, -0.1) is 0 Å². The summed E-state index contributed by atoms with van der Waals surface area (Å²) >= 11 is 0. The van der Waals surface area contributed by atoms with Crippen LogP contribution in [0, 0.1) is 13.8 Å². The predicted octanol–water partition coefficient (Wildman–Crippen LogP) is 5.29. The summed E-state index contributed by atoms with van der Waals surface area (Å²) in [5, 5.41) is 5.47. The van der Waals surface area contributed by atoms with Crippen LogP contribution in [0.15, 0.2) is 107 Å². The van der Waals surface area contributed by atoms with E-state index in [1.54, 1.807) is 72.8 Å². The smallest absolute Gasteiger partial charge is 0.261 e. The molecule has 4 heterocycles. The zero-order valence-electron chi connectivity index (χ0n) is 31.4. The number of hydrogen-bond donors (Lipinski definition) is 5. The number of aryl methyl sites for hydroxylation is 1. The summed E-state index contributed by atoms with van der Waals surface area (Å²) in [7, 11) is -5.47. The van der Waals surface area contributed by atoms with Crippen LogP contribution in [0.3, 0.4) is 0 Å². The molecule has 57 heavy (non-hydrogen) atoms. The largest absolute Gasteiger partial charge is 0.358 e. The fraction of sp³-hybridized carbons (Fsp3) is 0.195. The van der Waals surface area contributed by atoms with Crippen LogP contribution < -0.4 is 20.1 Å². The summed E-state index contributed by atoms with van der Waals surface area (Å²) in [4.78, 5) is 44.9. The molecule has 0 atom stereocenters. The highest BCUT2D eigenvalue weighted by atomic mass is 32.2. The Balaban J connectivity index is 0.000000208. The first-order valence-corrected chi connectivity index (χ1v) is 21.1. The molecule has 0 aliphatic carbocycles. The third kappa shape index (κ3) is 8.47. The molecule has 0 bridgehead atoms. The Morgan fingerprint density at radius 3 is 1.88 bits per heavy atom. The number of anilines is 4. The third-order valence-electron chi connectivity index (χ3n) is 9.92. The zero-order valence-corrected chi connectivity index (χ0v) is 33.1. The van der Waals surface area contributed by atoms with E-state index in [-0.39, 0.29) is 33.9 Å². The lowest BCUT2D eigenvalue weighted by molar-refractivity contribution is -0.115. The van der Waals surface area contributed by atoms with Gasteiger partial charge in [0.15, 0.2) is 0 Å². The van der Waals surface area contributed by atoms with Crippen molar-refractivity contribution in [2.45, 2.75) is 30.1 Å². The second kappa shape index (κ2) is 15.7. The lowest BCUT2D eigenvalue weighted by atomic mass is 10.0.